The fourth-order valence-electron chi connectivity index (χ4n) is 0.903. The van der Waals surface area contributed by atoms with Crippen molar-refractivity contribution in [2.45, 2.75) is 0 Å². The fourth-order valence-corrected chi connectivity index (χ4v) is 1.68. The molecule has 0 heterocycles. The van der Waals surface area contributed by atoms with Crippen LogP contribution in [-0.2, 0) is 0 Å². The first-order chi connectivity index (χ1) is 5.54. The van der Waals surface area contributed by atoms with Gasteiger partial charge >= 0.3 is 0 Å². The highest BCUT2D eigenvalue weighted by Crippen LogP contribution is 2.35. The molecule has 0 amide bonds. The van der Waals surface area contributed by atoms with Gasteiger partial charge in [-0.05, 0) is 28.1 Å². The molecule has 0 aliphatic heterocycles. The van der Waals surface area contributed by atoms with Gasteiger partial charge in [0.1, 0.15) is 0 Å². The molecule has 0 aromatic heterocycles. The zero-order chi connectivity index (χ0) is 9.30. The molecule has 66 valence electrons. The van der Waals surface area contributed by atoms with Crippen molar-refractivity contribution in [3.05, 3.63) is 21.6 Å². The van der Waals surface area contributed by atoms with Crippen LogP contribution in [0, 0.1) is 0 Å². The second-order valence-electron chi connectivity index (χ2n) is 2.69. The standard InChI is InChI=1S/C8H10BrClN2/c1-12(2)6-4-3-5(9)8(11)7(6)10/h3-4H,11H2,1-2H3. The average Bonchev–Trinajstić information content (AvgIpc) is 2.00. The second kappa shape index (κ2) is 3.54. The molecule has 0 saturated carbocycles. The third-order valence-corrected chi connectivity index (χ3v) is 2.68. The van der Waals surface area contributed by atoms with Crippen molar-refractivity contribution in [2.24, 2.45) is 0 Å². The van der Waals surface area contributed by atoms with E-state index in [2.05, 4.69) is 15.9 Å². The fraction of sp³-hybridized carbons (Fsp3) is 0.250. The van der Waals surface area contributed by atoms with E-state index in [0.717, 1.165) is 10.2 Å². The maximum Gasteiger partial charge on any atom is 0.0880 e. The summed E-state index contributed by atoms with van der Waals surface area (Å²) < 4.78 is 0.832. The predicted molar refractivity (Wildman–Crippen MR) is 57.9 cm³/mol. The summed E-state index contributed by atoms with van der Waals surface area (Å²) >= 11 is 9.30. The molecule has 0 bridgehead atoms. The lowest BCUT2D eigenvalue weighted by Gasteiger charge is -2.15. The van der Waals surface area contributed by atoms with Gasteiger partial charge in [0.15, 0.2) is 0 Å². The average molecular weight is 250 g/mol. The predicted octanol–water partition coefficient (Wildman–Crippen LogP) is 2.75. The molecule has 0 aliphatic carbocycles. The minimum atomic E-state index is 0.586. The molecule has 0 aliphatic rings. The van der Waals surface area contributed by atoms with Crippen LogP contribution in [-0.4, -0.2) is 14.1 Å². The Kier molecular flexibility index (Phi) is 2.85. The molecular weight excluding hydrogens is 239 g/mol. The van der Waals surface area contributed by atoms with E-state index in [9.17, 15) is 0 Å². The smallest absolute Gasteiger partial charge is 0.0880 e. The van der Waals surface area contributed by atoms with Crippen LogP contribution >= 0.6 is 27.5 Å². The first-order valence-electron chi connectivity index (χ1n) is 3.45. The monoisotopic (exact) mass is 248 g/mol. The number of rotatable bonds is 1. The minimum absolute atomic E-state index is 0.586. The van der Waals surface area contributed by atoms with Gasteiger partial charge in [-0.2, -0.15) is 0 Å². The number of nitrogens with two attached hydrogens (primary N) is 1. The van der Waals surface area contributed by atoms with Gasteiger partial charge in [0, 0.05) is 18.6 Å². The van der Waals surface area contributed by atoms with Crippen LogP contribution in [0.3, 0.4) is 0 Å². The maximum atomic E-state index is 6.00. The van der Waals surface area contributed by atoms with Crippen molar-refractivity contribution < 1.29 is 0 Å². The number of hydrogen-bond acceptors (Lipinski definition) is 2. The summed E-state index contributed by atoms with van der Waals surface area (Å²) in [5, 5.41) is 0.592. The van der Waals surface area contributed by atoms with Crippen LogP contribution in [0.25, 0.3) is 0 Å². The molecular formula is C8H10BrClN2. The Labute approximate surface area is 85.4 Å². The van der Waals surface area contributed by atoms with Gasteiger partial charge in [0.05, 0.1) is 16.4 Å². The summed E-state index contributed by atoms with van der Waals surface area (Å²) in [6, 6.07) is 3.80. The van der Waals surface area contributed by atoms with Gasteiger partial charge in [0.25, 0.3) is 0 Å². The largest absolute Gasteiger partial charge is 0.397 e. The lowest BCUT2D eigenvalue weighted by atomic mass is 10.2. The van der Waals surface area contributed by atoms with Gasteiger partial charge in [-0.3, -0.25) is 0 Å². The number of nitrogens with zero attached hydrogens (tertiary/aromatic N) is 1. The van der Waals surface area contributed by atoms with Crippen molar-refractivity contribution in [3.63, 3.8) is 0 Å². The van der Waals surface area contributed by atoms with Crippen molar-refractivity contribution in [2.75, 3.05) is 24.7 Å². The van der Waals surface area contributed by atoms with Gasteiger partial charge in [0.2, 0.25) is 0 Å². The molecule has 0 radical (unpaired) electrons. The molecule has 1 aromatic carbocycles. The van der Waals surface area contributed by atoms with E-state index >= 15 is 0 Å². The minimum Gasteiger partial charge on any atom is -0.397 e. The van der Waals surface area contributed by atoms with Crippen molar-refractivity contribution in [1.82, 2.24) is 0 Å². The molecule has 0 unspecified atom stereocenters. The molecule has 0 fully saturated rings. The Morgan fingerprint density at radius 3 is 2.50 bits per heavy atom. The van der Waals surface area contributed by atoms with Crippen LogP contribution in [0.4, 0.5) is 11.4 Å². The highest BCUT2D eigenvalue weighted by molar-refractivity contribution is 9.10. The molecule has 12 heavy (non-hydrogen) atoms. The molecule has 4 heteroatoms. The van der Waals surface area contributed by atoms with Gasteiger partial charge < -0.3 is 10.6 Å². The van der Waals surface area contributed by atoms with Gasteiger partial charge in [-0.25, -0.2) is 0 Å². The van der Waals surface area contributed by atoms with E-state index in [1.807, 2.05) is 31.1 Å². The SMILES string of the molecule is CN(C)c1ccc(Br)c(N)c1Cl. The van der Waals surface area contributed by atoms with Crippen LogP contribution in [0.15, 0.2) is 16.6 Å². The number of halogens is 2. The Bertz CT molecular complexity index is 299. The van der Waals surface area contributed by atoms with E-state index in [-0.39, 0.29) is 0 Å². The van der Waals surface area contributed by atoms with E-state index < -0.39 is 0 Å². The lowest BCUT2D eigenvalue weighted by molar-refractivity contribution is 1.13. The third kappa shape index (κ3) is 1.67. The Morgan fingerprint density at radius 2 is 2.00 bits per heavy atom. The van der Waals surface area contributed by atoms with E-state index in [0.29, 0.717) is 10.7 Å². The number of anilines is 2. The summed E-state index contributed by atoms with van der Waals surface area (Å²) in [7, 11) is 3.85. The Hall–Kier alpha value is -0.410. The molecule has 2 N–H and O–H groups in total. The van der Waals surface area contributed by atoms with E-state index in [1.165, 1.54) is 0 Å². The van der Waals surface area contributed by atoms with Crippen molar-refractivity contribution >= 4 is 38.9 Å². The summed E-state index contributed by atoms with van der Waals surface area (Å²) in [6.07, 6.45) is 0. The topological polar surface area (TPSA) is 29.3 Å². The second-order valence-corrected chi connectivity index (χ2v) is 3.92. The summed E-state index contributed by atoms with van der Waals surface area (Å²) in [5.74, 6) is 0. The van der Waals surface area contributed by atoms with Gasteiger partial charge in [-0.15, -0.1) is 0 Å². The van der Waals surface area contributed by atoms with Crippen molar-refractivity contribution in [3.8, 4) is 0 Å². The van der Waals surface area contributed by atoms with Crippen LogP contribution in [0.1, 0.15) is 0 Å². The van der Waals surface area contributed by atoms with E-state index in [1.54, 1.807) is 0 Å². The summed E-state index contributed by atoms with van der Waals surface area (Å²) in [5.41, 5.74) is 7.23. The summed E-state index contributed by atoms with van der Waals surface area (Å²) in [4.78, 5) is 1.92. The number of hydrogen-bond donors (Lipinski definition) is 1. The quantitative estimate of drug-likeness (QED) is 0.776. The zero-order valence-corrected chi connectivity index (χ0v) is 9.28. The summed E-state index contributed by atoms with van der Waals surface area (Å²) in [6.45, 7) is 0. The van der Waals surface area contributed by atoms with E-state index in [4.69, 9.17) is 17.3 Å². The zero-order valence-electron chi connectivity index (χ0n) is 6.94. The molecule has 0 spiro atoms. The van der Waals surface area contributed by atoms with Crippen LogP contribution < -0.4 is 10.6 Å². The molecule has 2 nitrogen and oxygen atoms in total. The van der Waals surface area contributed by atoms with Crippen LogP contribution in [0.5, 0.6) is 0 Å². The normalized spacial score (nSPS) is 10.0. The number of nitrogen functional groups attached to an aromatic ring is 1. The first kappa shape index (κ1) is 9.68. The lowest BCUT2D eigenvalue weighted by Crippen LogP contribution is -2.09. The van der Waals surface area contributed by atoms with Crippen LogP contribution in [0.2, 0.25) is 5.02 Å². The Balaban J connectivity index is 3.27. The highest BCUT2D eigenvalue weighted by Gasteiger charge is 2.07. The number of benzene rings is 1. The molecule has 1 rings (SSSR count). The third-order valence-electron chi connectivity index (χ3n) is 1.59. The van der Waals surface area contributed by atoms with Gasteiger partial charge in [-0.1, -0.05) is 11.6 Å². The Morgan fingerprint density at radius 1 is 1.42 bits per heavy atom. The molecule has 1 aromatic rings. The maximum absolute atomic E-state index is 6.00. The molecule has 0 saturated heterocycles. The first-order valence-corrected chi connectivity index (χ1v) is 4.62. The highest BCUT2D eigenvalue weighted by atomic mass is 79.9. The van der Waals surface area contributed by atoms with Crippen molar-refractivity contribution in [1.29, 1.82) is 0 Å². The molecule has 0 atom stereocenters.